The molecule has 0 heterocycles. The number of nitriles is 1. The minimum Gasteiger partial charge on any atom is -0.352 e. The fraction of sp³-hybridized carbons (Fsp3) is 0.219. The van der Waals surface area contributed by atoms with Gasteiger partial charge >= 0.3 is 0 Å². The van der Waals surface area contributed by atoms with Gasteiger partial charge in [-0.2, -0.15) is 5.26 Å². The molecule has 0 bridgehead atoms. The predicted molar refractivity (Wildman–Crippen MR) is 154 cm³/mol. The summed E-state index contributed by atoms with van der Waals surface area (Å²) in [5.74, 6) is -0.401. The number of carbonyl (C=O) groups is 2. The average molecular weight is 522 g/mol. The molecule has 192 valence electrons. The van der Waals surface area contributed by atoms with Gasteiger partial charge in [-0.15, -0.1) is 0 Å². The van der Waals surface area contributed by atoms with Gasteiger partial charge in [0.25, 0.3) is 5.91 Å². The highest BCUT2D eigenvalue weighted by Crippen LogP contribution is 2.28. The van der Waals surface area contributed by atoms with E-state index in [-0.39, 0.29) is 17.7 Å². The van der Waals surface area contributed by atoms with Crippen molar-refractivity contribution < 1.29 is 9.59 Å². The predicted octanol–water partition coefficient (Wildman–Crippen LogP) is 6.92. The Bertz CT molecular complexity index is 1430. The van der Waals surface area contributed by atoms with E-state index in [1.165, 1.54) is 17.5 Å². The van der Waals surface area contributed by atoms with E-state index in [1.54, 1.807) is 24.3 Å². The van der Waals surface area contributed by atoms with Crippen LogP contribution in [0.2, 0.25) is 0 Å². The minimum absolute atomic E-state index is 0.0000233. The fourth-order valence-electron chi connectivity index (χ4n) is 4.31. The van der Waals surface area contributed by atoms with Gasteiger partial charge in [0.1, 0.15) is 0 Å². The highest BCUT2D eigenvalue weighted by atomic mass is 32.2. The Kier molecular flexibility index (Phi) is 9.55. The highest BCUT2D eigenvalue weighted by Gasteiger charge is 2.21. The number of amides is 2. The molecule has 1 atom stereocenters. The number of aryl methyl sites for hydroxylation is 1. The van der Waals surface area contributed by atoms with E-state index in [0.29, 0.717) is 17.7 Å². The first-order valence-electron chi connectivity index (χ1n) is 12.8. The normalized spacial score (nSPS) is 11.5. The summed E-state index contributed by atoms with van der Waals surface area (Å²) < 4.78 is 3.06. The van der Waals surface area contributed by atoms with Crippen LogP contribution in [0, 0.1) is 18.3 Å². The summed E-state index contributed by atoms with van der Waals surface area (Å²) in [5, 5.41) is 14.1. The largest absolute Gasteiger partial charge is 0.352 e. The van der Waals surface area contributed by atoms with Gasteiger partial charge in [0, 0.05) is 17.0 Å². The number of carbonyl (C=O) groups excluding carboxylic acids is 2. The van der Waals surface area contributed by atoms with E-state index in [0.717, 1.165) is 46.9 Å². The quantitative estimate of drug-likeness (QED) is 0.166. The number of nitrogens with zero attached hydrogens (tertiary/aromatic N) is 1. The molecule has 0 fully saturated rings. The molecule has 6 heteroatoms. The van der Waals surface area contributed by atoms with Crippen LogP contribution in [0.3, 0.4) is 0 Å². The van der Waals surface area contributed by atoms with Gasteiger partial charge in [-0.1, -0.05) is 73.0 Å². The van der Waals surface area contributed by atoms with E-state index in [4.69, 9.17) is 5.26 Å². The number of hydrogen-bond donors (Lipinski definition) is 2. The van der Waals surface area contributed by atoms with Crippen LogP contribution in [0.1, 0.15) is 58.6 Å². The van der Waals surface area contributed by atoms with E-state index >= 15 is 0 Å². The molecule has 4 aromatic rings. The van der Waals surface area contributed by atoms with Gasteiger partial charge < -0.3 is 5.32 Å². The lowest BCUT2D eigenvalue weighted by Crippen LogP contribution is -2.25. The molecule has 0 radical (unpaired) electrons. The molecule has 0 spiro atoms. The number of fused-ring (bicyclic) bond motifs is 1. The molecule has 4 aromatic carbocycles. The Hall–Kier alpha value is -4.08. The van der Waals surface area contributed by atoms with Crippen molar-refractivity contribution in [2.75, 3.05) is 6.54 Å². The molecule has 1 unspecified atom stereocenters. The Balaban J connectivity index is 1.32. The SMILES string of the molecule is Cc1ccc(SNC(=O)C(CCCCCNC(=O)c2ccc(C#N)cc2)c2ccc3ccccc3c2)cc1. The molecule has 0 aliphatic rings. The van der Waals surface area contributed by atoms with E-state index in [1.807, 2.05) is 43.3 Å². The van der Waals surface area contributed by atoms with Gasteiger partial charge in [-0.25, -0.2) is 0 Å². The monoisotopic (exact) mass is 521 g/mol. The highest BCUT2D eigenvalue weighted by molar-refractivity contribution is 7.98. The third-order valence-corrected chi connectivity index (χ3v) is 7.33. The fourth-order valence-corrected chi connectivity index (χ4v) is 4.94. The zero-order valence-electron chi connectivity index (χ0n) is 21.4. The third-order valence-electron chi connectivity index (χ3n) is 6.51. The van der Waals surface area contributed by atoms with Crippen molar-refractivity contribution in [3.05, 3.63) is 113 Å². The second-order valence-electron chi connectivity index (χ2n) is 9.33. The molecule has 0 aromatic heterocycles. The van der Waals surface area contributed by atoms with Crippen molar-refractivity contribution in [1.82, 2.24) is 10.0 Å². The molecule has 0 saturated carbocycles. The summed E-state index contributed by atoms with van der Waals surface area (Å²) in [5.41, 5.74) is 3.27. The maximum Gasteiger partial charge on any atom is 0.251 e. The summed E-state index contributed by atoms with van der Waals surface area (Å²) >= 11 is 1.35. The molecular formula is C32H31N3O2S. The van der Waals surface area contributed by atoms with Crippen molar-refractivity contribution in [3.8, 4) is 6.07 Å². The maximum atomic E-state index is 13.3. The van der Waals surface area contributed by atoms with E-state index in [2.05, 4.69) is 46.4 Å². The van der Waals surface area contributed by atoms with Crippen molar-refractivity contribution >= 4 is 34.5 Å². The summed E-state index contributed by atoms with van der Waals surface area (Å²) in [6, 6.07) is 31.2. The smallest absolute Gasteiger partial charge is 0.251 e. The Morgan fingerprint density at radius 2 is 1.61 bits per heavy atom. The van der Waals surface area contributed by atoms with Crippen molar-refractivity contribution in [3.63, 3.8) is 0 Å². The molecule has 0 saturated heterocycles. The second kappa shape index (κ2) is 13.5. The standard InChI is InChI=1S/C32H31N3O2S/c1-23-10-18-29(19-11-23)38-35-32(37)30(28-17-16-25-7-4-5-8-27(25)21-28)9-3-2-6-20-34-31(36)26-14-12-24(22-33)13-15-26/h4-5,7-8,10-19,21,30H,2-3,6,9,20H2,1H3,(H,34,36)(H,35,37). The van der Waals surface area contributed by atoms with Crippen molar-refractivity contribution in [2.24, 2.45) is 0 Å². The number of nitrogens with one attached hydrogen (secondary N) is 2. The van der Waals surface area contributed by atoms with Crippen molar-refractivity contribution in [2.45, 2.75) is 43.4 Å². The summed E-state index contributed by atoms with van der Waals surface area (Å²) in [6.07, 6.45) is 3.32. The molecule has 2 amide bonds. The first kappa shape index (κ1) is 27.0. The average Bonchev–Trinajstić information content (AvgIpc) is 2.96. The van der Waals surface area contributed by atoms with Crippen molar-refractivity contribution in [1.29, 1.82) is 5.26 Å². The Morgan fingerprint density at radius 3 is 2.34 bits per heavy atom. The maximum absolute atomic E-state index is 13.3. The van der Waals surface area contributed by atoms with Gasteiger partial charge in [0.05, 0.1) is 17.6 Å². The second-order valence-corrected chi connectivity index (χ2v) is 10.2. The van der Waals surface area contributed by atoms with Crippen LogP contribution < -0.4 is 10.0 Å². The number of unbranched alkanes of at least 4 members (excludes halogenated alkanes) is 2. The van der Waals surface area contributed by atoms with Crippen LogP contribution in [-0.2, 0) is 4.79 Å². The zero-order valence-corrected chi connectivity index (χ0v) is 22.3. The summed E-state index contributed by atoms with van der Waals surface area (Å²) in [6.45, 7) is 2.61. The molecule has 2 N–H and O–H groups in total. The number of benzene rings is 4. The molecule has 38 heavy (non-hydrogen) atoms. The van der Waals surface area contributed by atoms with Gasteiger partial charge in [0.15, 0.2) is 0 Å². The third kappa shape index (κ3) is 7.47. The topological polar surface area (TPSA) is 82.0 Å². The molecular weight excluding hydrogens is 490 g/mol. The van der Waals surface area contributed by atoms with Crippen LogP contribution in [0.5, 0.6) is 0 Å². The first-order chi connectivity index (χ1) is 18.5. The lowest BCUT2D eigenvalue weighted by Gasteiger charge is -2.18. The van der Waals surface area contributed by atoms with Crippen LogP contribution >= 0.6 is 11.9 Å². The summed E-state index contributed by atoms with van der Waals surface area (Å²) in [4.78, 5) is 26.6. The Labute approximate surface area is 228 Å². The zero-order chi connectivity index (χ0) is 26.7. The Morgan fingerprint density at radius 1 is 0.868 bits per heavy atom. The van der Waals surface area contributed by atoms with Crippen LogP contribution in [-0.4, -0.2) is 18.4 Å². The molecule has 5 nitrogen and oxygen atoms in total. The van der Waals surface area contributed by atoms with Gasteiger partial charge in [-0.3, -0.25) is 14.3 Å². The van der Waals surface area contributed by atoms with Gasteiger partial charge in [0.2, 0.25) is 5.91 Å². The van der Waals surface area contributed by atoms with Crippen LogP contribution in [0.25, 0.3) is 10.8 Å². The first-order valence-corrected chi connectivity index (χ1v) is 13.7. The minimum atomic E-state index is -0.259. The summed E-state index contributed by atoms with van der Waals surface area (Å²) in [7, 11) is 0. The molecule has 0 aliphatic carbocycles. The number of hydrogen-bond acceptors (Lipinski definition) is 4. The molecule has 4 rings (SSSR count). The number of rotatable bonds is 11. The van der Waals surface area contributed by atoms with Crippen LogP contribution in [0.4, 0.5) is 0 Å². The van der Waals surface area contributed by atoms with E-state index < -0.39 is 0 Å². The van der Waals surface area contributed by atoms with E-state index in [9.17, 15) is 9.59 Å². The van der Waals surface area contributed by atoms with Crippen LogP contribution in [0.15, 0.2) is 95.9 Å². The lowest BCUT2D eigenvalue weighted by atomic mass is 9.91. The van der Waals surface area contributed by atoms with Gasteiger partial charge in [-0.05, 0) is 84.4 Å². The molecule has 0 aliphatic heterocycles. The lowest BCUT2D eigenvalue weighted by molar-refractivity contribution is -0.120.